The fourth-order valence-electron chi connectivity index (χ4n) is 1.36. The number of aromatic nitrogens is 3. The molecule has 0 saturated heterocycles. The van der Waals surface area contributed by atoms with Crippen LogP contribution < -0.4 is 5.32 Å². The Labute approximate surface area is 93.0 Å². The van der Waals surface area contributed by atoms with Gasteiger partial charge in [-0.3, -0.25) is 4.68 Å². The lowest BCUT2D eigenvalue weighted by molar-refractivity contribution is 0.449. The van der Waals surface area contributed by atoms with E-state index in [4.69, 9.17) is 0 Å². The van der Waals surface area contributed by atoms with Crippen molar-refractivity contribution in [3.05, 3.63) is 35.0 Å². The molecule has 0 spiro atoms. The van der Waals surface area contributed by atoms with Crippen LogP contribution in [-0.4, -0.2) is 20.8 Å². The number of hydrogen-bond acceptors (Lipinski definition) is 4. The second-order valence-electron chi connectivity index (χ2n) is 3.49. The molecule has 15 heavy (non-hydrogen) atoms. The molecule has 2 heterocycles. The summed E-state index contributed by atoms with van der Waals surface area (Å²) in [5.41, 5.74) is 2.96. The zero-order valence-corrected chi connectivity index (χ0v) is 9.44. The maximum Gasteiger partial charge on any atom is 0.0795 e. The van der Waals surface area contributed by atoms with Crippen molar-refractivity contribution >= 4 is 11.3 Å². The summed E-state index contributed by atoms with van der Waals surface area (Å²) in [5.74, 6) is 0. The minimum Gasteiger partial charge on any atom is -0.307 e. The van der Waals surface area contributed by atoms with E-state index in [2.05, 4.69) is 27.7 Å². The number of nitrogens with zero attached hydrogens (tertiary/aromatic N) is 3. The molecule has 4 nitrogen and oxygen atoms in total. The van der Waals surface area contributed by atoms with Gasteiger partial charge in [-0.15, -0.1) is 11.3 Å². The average Bonchev–Trinajstić information content (AvgIpc) is 2.86. The van der Waals surface area contributed by atoms with Crippen molar-refractivity contribution in [2.45, 2.75) is 26.1 Å². The summed E-state index contributed by atoms with van der Waals surface area (Å²) in [4.78, 5) is 4.22. The summed E-state index contributed by atoms with van der Waals surface area (Å²) in [6, 6.07) is 2.33. The molecule has 2 rings (SSSR count). The molecule has 1 unspecified atom stereocenters. The van der Waals surface area contributed by atoms with Gasteiger partial charge in [0.2, 0.25) is 0 Å². The van der Waals surface area contributed by atoms with Crippen LogP contribution in [0.4, 0.5) is 0 Å². The largest absolute Gasteiger partial charge is 0.307 e. The van der Waals surface area contributed by atoms with Gasteiger partial charge in [-0.1, -0.05) is 0 Å². The molecule has 0 fully saturated rings. The van der Waals surface area contributed by atoms with Crippen molar-refractivity contribution < 1.29 is 0 Å². The molecule has 0 aliphatic carbocycles. The third-order valence-corrected chi connectivity index (χ3v) is 2.77. The first-order chi connectivity index (χ1) is 7.34. The van der Waals surface area contributed by atoms with Crippen molar-refractivity contribution in [3.63, 3.8) is 0 Å². The van der Waals surface area contributed by atoms with Crippen LogP contribution >= 0.6 is 11.3 Å². The molecule has 1 N–H and O–H groups in total. The first-order valence-electron chi connectivity index (χ1n) is 4.92. The van der Waals surface area contributed by atoms with Crippen molar-refractivity contribution in [1.29, 1.82) is 0 Å². The second-order valence-corrected chi connectivity index (χ2v) is 4.21. The molecule has 0 amide bonds. The van der Waals surface area contributed by atoms with Crippen molar-refractivity contribution in [2.24, 2.45) is 0 Å². The predicted molar refractivity (Wildman–Crippen MR) is 60.6 cm³/mol. The maximum absolute atomic E-state index is 4.22. The predicted octanol–water partition coefficient (Wildman–Crippen LogP) is 1.52. The highest BCUT2D eigenvalue weighted by Gasteiger charge is 2.03. The summed E-state index contributed by atoms with van der Waals surface area (Å²) in [5, 5.41) is 9.63. The van der Waals surface area contributed by atoms with Gasteiger partial charge >= 0.3 is 0 Å². The SMILES string of the molecule is CC(Cn1cccn1)NCc1cscn1. The van der Waals surface area contributed by atoms with Gasteiger partial charge in [-0.05, 0) is 13.0 Å². The Hall–Kier alpha value is -1.20. The highest BCUT2D eigenvalue weighted by Crippen LogP contribution is 2.00. The van der Waals surface area contributed by atoms with Crippen LogP contribution in [0.2, 0.25) is 0 Å². The lowest BCUT2D eigenvalue weighted by Crippen LogP contribution is -2.30. The molecule has 0 aromatic carbocycles. The Kier molecular flexibility index (Phi) is 3.47. The van der Waals surface area contributed by atoms with Crippen LogP contribution in [0.1, 0.15) is 12.6 Å². The standard InChI is InChI=1S/C10H14N4S/c1-9(6-14-4-2-3-13-14)11-5-10-7-15-8-12-10/h2-4,7-9,11H,5-6H2,1H3. The lowest BCUT2D eigenvalue weighted by Gasteiger charge is -2.12. The van der Waals surface area contributed by atoms with Crippen LogP contribution in [0.25, 0.3) is 0 Å². The van der Waals surface area contributed by atoms with E-state index in [0.29, 0.717) is 6.04 Å². The van der Waals surface area contributed by atoms with E-state index < -0.39 is 0 Å². The van der Waals surface area contributed by atoms with Crippen LogP contribution in [0, 0.1) is 0 Å². The number of nitrogens with one attached hydrogen (secondary N) is 1. The minimum absolute atomic E-state index is 0.395. The van der Waals surface area contributed by atoms with Gasteiger partial charge in [0.15, 0.2) is 0 Å². The van der Waals surface area contributed by atoms with E-state index in [1.807, 2.05) is 22.5 Å². The van der Waals surface area contributed by atoms with Crippen molar-refractivity contribution in [2.75, 3.05) is 0 Å². The third kappa shape index (κ3) is 3.14. The molecular formula is C10H14N4S. The van der Waals surface area contributed by atoms with E-state index in [-0.39, 0.29) is 0 Å². The van der Waals surface area contributed by atoms with Gasteiger partial charge in [0, 0.05) is 30.4 Å². The molecule has 0 bridgehead atoms. The van der Waals surface area contributed by atoms with Gasteiger partial charge < -0.3 is 5.32 Å². The Bertz CT molecular complexity index is 368. The summed E-state index contributed by atoms with van der Waals surface area (Å²) in [6.07, 6.45) is 3.77. The Morgan fingerprint density at radius 1 is 1.60 bits per heavy atom. The fraction of sp³-hybridized carbons (Fsp3) is 0.400. The average molecular weight is 222 g/mol. The first kappa shape index (κ1) is 10.3. The van der Waals surface area contributed by atoms with Crippen LogP contribution in [0.15, 0.2) is 29.4 Å². The summed E-state index contributed by atoms with van der Waals surface area (Å²) < 4.78 is 1.93. The number of thiazole rings is 1. The highest BCUT2D eigenvalue weighted by atomic mass is 32.1. The molecule has 2 aromatic rings. The van der Waals surface area contributed by atoms with E-state index in [1.165, 1.54) is 0 Å². The molecule has 5 heteroatoms. The summed E-state index contributed by atoms with van der Waals surface area (Å²) >= 11 is 1.63. The van der Waals surface area contributed by atoms with E-state index >= 15 is 0 Å². The van der Waals surface area contributed by atoms with E-state index in [9.17, 15) is 0 Å². The smallest absolute Gasteiger partial charge is 0.0795 e. The van der Waals surface area contributed by atoms with E-state index in [0.717, 1.165) is 18.8 Å². The molecule has 1 atom stereocenters. The summed E-state index contributed by atoms with van der Waals surface area (Å²) in [6.45, 7) is 3.86. The third-order valence-electron chi connectivity index (χ3n) is 2.14. The van der Waals surface area contributed by atoms with Crippen LogP contribution in [0.3, 0.4) is 0 Å². The van der Waals surface area contributed by atoms with Gasteiger partial charge in [0.1, 0.15) is 0 Å². The van der Waals surface area contributed by atoms with Crippen molar-refractivity contribution in [1.82, 2.24) is 20.1 Å². The van der Waals surface area contributed by atoms with Crippen LogP contribution in [-0.2, 0) is 13.1 Å². The van der Waals surface area contributed by atoms with Gasteiger partial charge in [-0.25, -0.2) is 4.98 Å². The number of rotatable bonds is 5. The Morgan fingerprint density at radius 3 is 3.20 bits per heavy atom. The molecule has 0 saturated carbocycles. The zero-order chi connectivity index (χ0) is 10.5. The van der Waals surface area contributed by atoms with Gasteiger partial charge in [-0.2, -0.15) is 5.10 Å². The molecular weight excluding hydrogens is 208 g/mol. The second kappa shape index (κ2) is 5.04. The Balaban J connectivity index is 1.76. The van der Waals surface area contributed by atoms with Crippen molar-refractivity contribution in [3.8, 4) is 0 Å². The molecule has 0 aliphatic rings. The first-order valence-corrected chi connectivity index (χ1v) is 5.87. The minimum atomic E-state index is 0.395. The molecule has 2 aromatic heterocycles. The fourth-order valence-corrected chi connectivity index (χ4v) is 1.92. The summed E-state index contributed by atoms with van der Waals surface area (Å²) in [7, 11) is 0. The highest BCUT2D eigenvalue weighted by molar-refractivity contribution is 7.07. The Morgan fingerprint density at radius 2 is 2.53 bits per heavy atom. The maximum atomic E-state index is 4.22. The normalized spacial score (nSPS) is 12.9. The quantitative estimate of drug-likeness (QED) is 0.834. The van der Waals surface area contributed by atoms with Gasteiger partial charge in [0.05, 0.1) is 17.7 Å². The molecule has 80 valence electrons. The lowest BCUT2D eigenvalue weighted by atomic mass is 10.3. The topological polar surface area (TPSA) is 42.7 Å². The monoisotopic (exact) mass is 222 g/mol. The van der Waals surface area contributed by atoms with E-state index in [1.54, 1.807) is 17.5 Å². The zero-order valence-electron chi connectivity index (χ0n) is 8.63. The van der Waals surface area contributed by atoms with Gasteiger partial charge in [0.25, 0.3) is 0 Å². The molecule has 0 aliphatic heterocycles. The molecule has 0 radical (unpaired) electrons. The number of hydrogen-bond donors (Lipinski definition) is 1. The van der Waals surface area contributed by atoms with Crippen LogP contribution in [0.5, 0.6) is 0 Å².